The van der Waals surface area contributed by atoms with E-state index in [9.17, 15) is 9.90 Å². The van der Waals surface area contributed by atoms with Gasteiger partial charge in [-0.1, -0.05) is 6.07 Å². The van der Waals surface area contributed by atoms with E-state index in [1.807, 2.05) is 26.2 Å². The SMILES string of the molecule is COc1cc(CN(C)C)ccc1N1CCCC(C(=O)O)C1. The smallest absolute Gasteiger partial charge is 0.308 e. The highest BCUT2D eigenvalue weighted by molar-refractivity contribution is 5.72. The van der Waals surface area contributed by atoms with Crippen LogP contribution in [0.15, 0.2) is 18.2 Å². The van der Waals surface area contributed by atoms with Crippen LogP contribution in [0.2, 0.25) is 0 Å². The van der Waals surface area contributed by atoms with Gasteiger partial charge in [0.05, 0.1) is 18.7 Å². The van der Waals surface area contributed by atoms with Crippen LogP contribution < -0.4 is 9.64 Å². The number of methoxy groups -OCH3 is 1. The first-order valence-electron chi connectivity index (χ1n) is 7.30. The van der Waals surface area contributed by atoms with Gasteiger partial charge in [0.15, 0.2) is 0 Å². The van der Waals surface area contributed by atoms with Crippen LogP contribution in [0.4, 0.5) is 5.69 Å². The predicted molar refractivity (Wildman–Crippen MR) is 83.0 cm³/mol. The molecule has 5 nitrogen and oxygen atoms in total. The van der Waals surface area contributed by atoms with Crippen LogP contribution in [0.25, 0.3) is 0 Å². The van der Waals surface area contributed by atoms with Gasteiger partial charge < -0.3 is 19.6 Å². The molecule has 21 heavy (non-hydrogen) atoms. The minimum absolute atomic E-state index is 0.287. The van der Waals surface area contributed by atoms with Gasteiger partial charge in [-0.25, -0.2) is 0 Å². The average Bonchev–Trinajstić information content (AvgIpc) is 2.46. The van der Waals surface area contributed by atoms with Crippen LogP contribution in [0.1, 0.15) is 18.4 Å². The maximum Gasteiger partial charge on any atom is 0.308 e. The van der Waals surface area contributed by atoms with E-state index in [0.717, 1.165) is 37.4 Å². The number of nitrogens with zero attached hydrogens (tertiary/aromatic N) is 2. The van der Waals surface area contributed by atoms with Crippen molar-refractivity contribution >= 4 is 11.7 Å². The van der Waals surface area contributed by atoms with Crippen molar-refractivity contribution in [1.29, 1.82) is 0 Å². The summed E-state index contributed by atoms with van der Waals surface area (Å²) in [5, 5.41) is 9.21. The summed E-state index contributed by atoms with van der Waals surface area (Å²) in [4.78, 5) is 15.4. The molecule has 1 aliphatic heterocycles. The summed E-state index contributed by atoms with van der Waals surface area (Å²) in [7, 11) is 5.72. The first-order valence-corrected chi connectivity index (χ1v) is 7.30. The molecule has 116 valence electrons. The highest BCUT2D eigenvalue weighted by atomic mass is 16.5. The van der Waals surface area contributed by atoms with Crippen LogP contribution in [-0.2, 0) is 11.3 Å². The molecule has 1 heterocycles. The van der Waals surface area contributed by atoms with Gasteiger partial charge in [0.1, 0.15) is 5.75 Å². The second-order valence-corrected chi connectivity index (χ2v) is 5.87. The van der Waals surface area contributed by atoms with Gasteiger partial charge in [0.2, 0.25) is 0 Å². The molecule has 1 unspecified atom stereocenters. The third kappa shape index (κ3) is 3.88. The van der Waals surface area contributed by atoms with Crippen molar-refractivity contribution in [3.05, 3.63) is 23.8 Å². The van der Waals surface area contributed by atoms with E-state index < -0.39 is 5.97 Å². The molecule has 0 saturated carbocycles. The number of piperidine rings is 1. The van der Waals surface area contributed by atoms with Crippen molar-refractivity contribution in [2.75, 3.05) is 39.2 Å². The Hall–Kier alpha value is -1.75. The van der Waals surface area contributed by atoms with Gasteiger partial charge in [0, 0.05) is 19.6 Å². The summed E-state index contributed by atoms with van der Waals surface area (Å²) in [5.74, 6) is -0.173. The summed E-state index contributed by atoms with van der Waals surface area (Å²) in [5.41, 5.74) is 2.18. The molecule has 1 N–H and O–H groups in total. The number of rotatable bonds is 5. The lowest BCUT2D eigenvalue weighted by Gasteiger charge is -2.33. The van der Waals surface area contributed by atoms with E-state index in [1.165, 1.54) is 5.56 Å². The van der Waals surface area contributed by atoms with Crippen molar-refractivity contribution in [2.24, 2.45) is 5.92 Å². The summed E-state index contributed by atoms with van der Waals surface area (Å²) in [6.07, 6.45) is 1.66. The monoisotopic (exact) mass is 292 g/mol. The van der Waals surface area contributed by atoms with E-state index >= 15 is 0 Å². The van der Waals surface area contributed by atoms with Crippen molar-refractivity contribution in [1.82, 2.24) is 4.90 Å². The molecule has 0 bridgehead atoms. The van der Waals surface area contributed by atoms with Crippen molar-refractivity contribution < 1.29 is 14.6 Å². The molecule has 0 aliphatic carbocycles. The fourth-order valence-electron chi connectivity index (χ4n) is 2.84. The molecule has 0 spiro atoms. The normalized spacial score (nSPS) is 18.9. The van der Waals surface area contributed by atoms with Crippen LogP contribution in [0.3, 0.4) is 0 Å². The highest BCUT2D eigenvalue weighted by Crippen LogP contribution is 2.32. The Kier molecular flexibility index (Phi) is 5.07. The maximum absolute atomic E-state index is 11.2. The van der Waals surface area contributed by atoms with E-state index in [2.05, 4.69) is 15.9 Å². The Morgan fingerprint density at radius 2 is 2.24 bits per heavy atom. The average molecular weight is 292 g/mol. The Morgan fingerprint density at radius 1 is 1.48 bits per heavy atom. The third-order valence-electron chi connectivity index (χ3n) is 3.85. The fraction of sp³-hybridized carbons (Fsp3) is 0.562. The van der Waals surface area contributed by atoms with Crippen LogP contribution in [0, 0.1) is 5.92 Å². The zero-order valence-electron chi connectivity index (χ0n) is 13.0. The fourth-order valence-corrected chi connectivity index (χ4v) is 2.84. The lowest BCUT2D eigenvalue weighted by atomic mass is 9.97. The largest absolute Gasteiger partial charge is 0.495 e. The molecule has 1 aromatic carbocycles. The number of hydrogen-bond acceptors (Lipinski definition) is 4. The van der Waals surface area contributed by atoms with E-state index in [1.54, 1.807) is 7.11 Å². The van der Waals surface area contributed by atoms with E-state index in [4.69, 9.17) is 4.74 Å². The lowest BCUT2D eigenvalue weighted by Crippen LogP contribution is -2.38. The molecule has 0 amide bonds. The van der Waals surface area contributed by atoms with Gasteiger partial charge in [-0.2, -0.15) is 0 Å². The molecule has 0 aromatic heterocycles. The van der Waals surface area contributed by atoms with Crippen molar-refractivity contribution in [2.45, 2.75) is 19.4 Å². The molecule has 1 atom stereocenters. The zero-order valence-corrected chi connectivity index (χ0v) is 13.0. The number of carboxylic acids is 1. The first kappa shape index (κ1) is 15.6. The number of benzene rings is 1. The number of anilines is 1. The molecule has 1 aromatic rings. The second kappa shape index (κ2) is 6.80. The first-order chi connectivity index (χ1) is 10.0. The van der Waals surface area contributed by atoms with Crippen LogP contribution in [-0.4, -0.2) is 50.3 Å². The molecule has 2 rings (SSSR count). The van der Waals surface area contributed by atoms with Gasteiger partial charge in [-0.3, -0.25) is 4.79 Å². The van der Waals surface area contributed by atoms with E-state index in [-0.39, 0.29) is 5.92 Å². The summed E-state index contributed by atoms with van der Waals surface area (Å²) < 4.78 is 5.51. The standard InChI is InChI=1S/C16H24N2O3/c1-17(2)10-12-6-7-14(15(9-12)21-3)18-8-4-5-13(11-18)16(19)20/h6-7,9,13H,4-5,8,10-11H2,1-3H3,(H,19,20). The number of carboxylic acid groups (broad SMARTS) is 1. The Labute approximate surface area is 126 Å². The highest BCUT2D eigenvalue weighted by Gasteiger charge is 2.26. The minimum Gasteiger partial charge on any atom is -0.495 e. The number of ether oxygens (including phenoxy) is 1. The van der Waals surface area contributed by atoms with Crippen molar-refractivity contribution in [3.63, 3.8) is 0 Å². The summed E-state index contributed by atoms with van der Waals surface area (Å²) >= 11 is 0. The Bertz CT molecular complexity index is 502. The molecular weight excluding hydrogens is 268 g/mol. The second-order valence-electron chi connectivity index (χ2n) is 5.87. The Morgan fingerprint density at radius 3 is 2.86 bits per heavy atom. The van der Waals surface area contributed by atoms with E-state index in [0.29, 0.717) is 6.54 Å². The zero-order chi connectivity index (χ0) is 15.4. The number of carbonyl (C=O) groups is 1. The lowest BCUT2D eigenvalue weighted by molar-refractivity contribution is -0.141. The van der Waals surface area contributed by atoms with Crippen molar-refractivity contribution in [3.8, 4) is 5.75 Å². The molecule has 1 saturated heterocycles. The van der Waals surface area contributed by atoms with Crippen LogP contribution in [0.5, 0.6) is 5.75 Å². The molecule has 1 fully saturated rings. The quantitative estimate of drug-likeness (QED) is 0.900. The minimum atomic E-state index is -0.706. The molecule has 1 aliphatic rings. The summed E-state index contributed by atoms with van der Waals surface area (Å²) in [6, 6.07) is 6.17. The number of hydrogen-bond donors (Lipinski definition) is 1. The van der Waals surface area contributed by atoms with Gasteiger partial charge in [-0.15, -0.1) is 0 Å². The maximum atomic E-state index is 11.2. The predicted octanol–water partition coefficient (Wildman–Crippen LogP) is 2.06. The topological polar surface area (TPSA) is 53.0 Å². The Balaban J connectivity index is 2.20. The third-order valence-corrected chi connectivity index (χ3v) is 3.85. The summed E-state index contributed by atoms with van der Waals surface area (Å²) in [6.45, 7) is 2.29. The molecule has 0 radical (unpaired) electrons. The molecule has 5 heteroatoms. The van der Waals surface area contributed by atoms with Gasteiger partial charge >= 0.3 is 5.97 Å². The molecular formula is C16H24N2O3. The van der Waals surface area contributed by atoms with Crippen LogP contribution >= 0.6 is 0 Å². The number of aliphatic carboxylic acids is 1. The van der Waals surface area contributed by atoms with Gasteiger partial charge in [0.25, 0.3) is 0 Å². The van der Waals surface area contributed by atoms with Gasteiger partial charge in [-0.05, 0) is 44.6 Å².